The normalized spacial score (nSPS) is 20.4. The summed E-state index contributed by atoms with van der Waals surface area (Å²) in [6.45, 7) is 6.47. The number of ether oxygens (including phenoxy) is 1. The van der Waals surface area contributed by atoms with Gasteiger partial charge in [-0.15, -0.1) is 0 Å². The Labute approximate surface area is 103 Å². The molecule has 1 unspecified atom stereocenters. The monoisotopic (exact) mass is 235 g/mol. The third kappa shape index (κ3) is 3.98. The molecule has 2 rings (SSSR count). The maximum atomic E-state index is 5.68. The predicted molar refractivity (Wildman–Crippen MR) is 68.5 cm³/mol. The van der Waals surface area contributed by atoms with Crippen LogP contribution < -0.4 is 5.32 Å². The lowest BCUT2D eigenvalue weighted by atomic mass is 10.1. The molecule has 0 aliphatic carbocycles. The first-order valence-electron chi connectivity index (χ1n) is 6.36. The molecule has 0 amide bonds. The number of aromatic nitrogens is 2. The van der Waals surface area contributed by atoms with Crippen molar-refractivity contribution in [3.8, 4) is 0 Å². The Kier molecular flexibility index (Phi) is 4.76. The molecule has 0 spiro atoms. The Bertz CT molecular complexity index is 342. The highest BCUT2D eigenvalue weighted by molar-refractivity contribution is 5.17. The minimum atomic E-state index is 0.465. The van der Waals surface area contributed by atoms with Gasteiger partial charge < -0.3 is 10.1 Å². The van der Waals surface area contributed by atoms with Gasteiger partial charge in [0.2, 0.25) is 0 Å². The van der Waals surface area contributed by atoms with Gasteiger partial charge in [0.25, 0.3) is 0 Å². The van der Waals surface area contributed by atoms with Gasteiger partial charge in [-0.2, -0.15) is 5.10 Å². The number of rotatable bonds is 6. The zero-order chi connectivity index (χ0) is 11.9. The van der Waals surface area contributed by atoms with Crippen molar-refractivity contribution in [1.29, 1.82) is 0 Å². The topological polar surface area (TPSA) is 39.1 Å². The molecule has 1 aromatic rings. The molecule has 0 saturated carbocycles. The van der Waals surface area contributed by atoms with Crippen LogP contribution in [0.25, 0.3) is 6.20 Å². The van der Waals surface area contributed by atoms with E-state index < -0.39 is 0 Å². The number of hydrogen-bond donors (Lipinski definition) is 1. The maximum absolute atomic E-state index is 5.68. The van der Waals surface area contributed by atoms with E-state index in [4.69, 9.17) is 4.74 Å². The van der Waals surface area contributed by atoms with Gasteiger partial charge in [0.15, 0.2) is 0 Å². The molecule has 1 saturated heterocycles. The summed E-state index contributed by atoms with van der Waals surface area (Å²) in [4.78, 5) is 0. The summed E-state index contributed by atoms with van der Waals surface area (Å²) < 4.78 is 7.41. The van der Waals surface area contributed by atoms with Gasteiger partial charge in [-0.3, -0.25) is 0 Å². The van der Waals surface area contributed by atoms with E-state index in [1.54, 1.807) is 10.9 Å². The Morgan fingerprint density at radius 3 is 3.24 bits per heavy atom. The molecule has 1 aliphatic rings. The fourth-order valence-electron chi connectivity index (χ4n) is 2.10. The zero-order valence-electron chi connectivity index (χ0n) is 10.3. The van der Waals surface area contributed by atoms with E-state index >= 15 is 0 Å². The van der Waals surface area contributed by atoms with Crippen molar-refractivity contribution in [2.24, 2.45) is 0 Å². The average molecular weight is 235 g/mol. The van der Waals surface area contributed by atoms with E-state index in [1.807, 2.05) is 12.4 Å². The highest BCUT2D eigenvalue weighted by Crippen LogP contribution is 2.14. The highest BCUT2D eigenvalue weighted by atomic mass is 16.5. The molecule has 4 nitrogen and oxygen atoms in total. The van der Waals surface area contributed by atoms with Crippen molar-refractivity contribution < 1.29 is 4.74 Å². The van der Waals surface area contributed by atoms with E-state index in [1.165, 1.54) is 24.8 Å². The van der Waals surface area contributed by atoms with Crippen LogP contribution in [0.15, 0.2) is 19.0 Å². The van der Waals surface area contributed by atoms with Crippen LogP contribution in [0, 0.1) is 0 Å². The summed E-state index contributed by atoms with van der Waals surface area (Å²) >= 11 is 0. The van der Waals surface area contributed by atoms with Crippen LogP contribution in [0.3, 0.4) is 0 Å². The van der Waals surface area contributed by atoms with Crippen molar-refractivity contribution in [2.75, 3.05) is 13.2 Å². The van der Waals surface area contributed by atoms with E-state index in [-0.39, 0.29) is 0 Å². The van der Waals surface area contributed by atoms with Crippen LogP contribution in [0.4, 0.5) is 0 Å². The van der Waals surface area contributed by atoms with Crippen molar-refractivity contribution in [3.05, 3.63) is 24.5 Å². The van der Waals surface area contributed by atoms with Crippen LogP contribution in [0.5, 0.6) is 0 Å². The first-order chi connectivity index (χ1) is 8.38. The van der Waals surface area contributed by atoms with Gasteiger partial charge in [-0.1, -0.05) is 6.58 Å². The lowest BCUT2D eigenvalue weighted by Gasteiger charge is -2.22. The summed E-state index contributed by atoms with van der Waals surface area (Å²) in [6, 6.07) is 0. The fraction of sp³-hybridized carbons (Fsp3) is 0.615. The van der Waals surface area contributed by atoms with Crippen LogP contribution in [-0.4, -0.2) is 29.0 Å². The Hall–Kier alpha value is -1.13. The minimum absolute atomic E-state index is 0.465. The number of nitrogens with zero attached hydrogens (tertiary/aromatic N) is 2. The van der Waals surface area contributed by atoms with E-state index in [2.05, 4.69) is 17.0 Å². The first-order valence-corrected chi connectivity index (χ1v) is 6.36. The lowest BCUT2D eigenvalue weighted by molar-refractivity contribution is 0.0115. The fourth-order valence-corrected chi connectivity index (χ4v) is 2.10. The third-order valence-corrected chi connectivity index (χ3v) is 3.09. The molecule has 2 heterocycles. The van der Waals surface area contributed by atoms with E-state index in [0.29, 0.717) is 6.10 Å². The van der Waals surface area contributed by atoms with Crippen LogP contribution >= 0.6 is 0 Å². The van der Waals surface area contributed by atoms with Crippen molar-refractivity contribution in [3.63, 3.8) is 0 Å². The molecular weight excluding hydrogens is 214 g/mol. The minimum Gasteiger partial charge on any atom is -0.378 e. The second-order valence-electron chi connectivity index (χ2n) is 4.47. The van der Waals surface area contributed by atoms with Crippen molar-refractivity contribution in [2.45, 2.75) is 38.3 Å². The van der Waals surface area contributed by atoms with Gasteiger partial charge in [-0.05, 0) is 32.2 Å². The summed E-state index contributed by atoms with van der Waals surface area (Å²) in [5.74, 6) is 0. The average Bonchev–Trinajstić information content (AvgIpc) is 2.84. The van der Waals surface area contributed by atoms with Crippen molar-refractivity contribution in [1.82, 2.24) is 15.1 Å². The Morgan fingerprint density at radius 1 is 1.59 bits per heavy atom. The van der Waals surface area contributed by atoms with Crippen LogP contribution in [0.1, 0.15) is 31.2 Å². The standard InChI is InChI=1S/C13H21N3O/c1-2-16-11-12(10-15-16)9-14-7-6-13-5-3-4-8-17-13/h2,10-11,13-14H,1,3-9H2. The Morgan fingerprint density at radius 2 is 2.53 bits per heavy atom. The van der Waals surface area contributed by atoms with Gasteiger partial charge in [0, 0.05) is 31.1 Å². The molecule has 0 aromatic carbocycles. The molecule has 17 heavy (non-hydrogen) atoms. The number of nitrogens with one attached hydrogen (secondary N) is 1. The summed E-state index contributed by atoms with van der Waals surface area (Å²) in [5, 5.41) is 7.56. The van der Waals surface area contributed by atoms with Crippen LogP contribution in [0.2, 0.25) is 0 Å². The second-order valence-corrected chi connectivity index (χ2v) is 4.47. The summed E-state index contributed by atoms with van der Waals surface area (Å²) in [6.07, 6.45) is 10.9. The molecule has 0 radical (unpaired) electrons. The molecule has 1 fully saturated rings. The summed E-state index contributed by atoms with van der Waals surface area (Å²) in [5.41, 5.74) is 1.19. The molecule has 1 atom stereocenters. The SMILES string of the molecule is C=Cn1cc(CNCCC2CCCCO2)cn1. The lowest BCUT2D eigenvalue weighted by Crippen LogP contribution is -2.25. The highest BCUT2D eigenvalue weighted by Gasteiger charge is 2.12. The van der Waals surface area contributed by atoms with Gasteiger partial charge in [0.05, 0.1) is 12.3 Å². The van der Waals surface area contributed by atoms with E-state index in [9.17, 15) is 0 Å². The largest absolute Gasteiger partial charge is 0.378 e. The molecule has 4 heteroatoms. The molecule has 1 aromatic heterocycles. The van der Waals surface area contributed by atoms with Gasteiger partial charge in [-0.25, -0.2) is 4.68 Å². The van der Waals surface area contributed by atoms with Crippen LogP contribution in [-0.2, 0) is 11.3 Å². The summed E-state index contributed by atoms with van der Waals surface area (Å²) in [7, 11) is 0. The predicted octanol–water partition coefficient (Wildman–Crippen LogP) is 2.03. The van der Waals surface area contributed by atoms with Crippen molar-refractivity contribution >= 4 is 6.20 Å². The maximum Gasteiger partial charge on any atom is 0.0587 e. The third-order valence-electron chi connectivity index (χ3n) is 3.09. The van der Waals surface area contributed by atoms with Gasteiger partial charge in [0.1, 0.15) is 0 Å². The molecular formula is C13H21N3O. The van der Waals surface area contributed by atoms with Gasteiger partial charge >= 0.3 is 0 Å². The molecule has 1 aliphatic heterocycles. The second kappa shape index (κ2) is 6.57. The molecule has 94 valence electrons. The number of hydrogen-bond acceptors (Lipinski definition) is 3. The Balaban J connectivity index is 1.60. The first kappa shape index (κ1) is 12.3. The smallest absolute Gasteiger partial charge is 0.0587 e. The quantitative estimate of drug-likeness (QED) is 0.767. The zero-order valence-corrected chi connectivity index (χ0v) is 10.3. The molecule has 1 N–H and O–H groups in total. The molecule has 0 bridgehead atoms. The van der Waals surface area contributed by atoms with E-state index in [0.717, 1.165) is 26.1 Å².